The summed E-state index contributed by atoms with van der Waals surface area (Å²) < 4.78 is 5.38. The summed E-state index contributed by atoms with van der Waals surface area (Å²) in [6.07, 6.45) is 5.33. The van der Waals surface area contributed by atoms with Crippen LogP contribution in [0.3, 0.4) is 0 Å². The third kappa shape index (κ3) is 2.27. The van der Waals surface area contributed by atoms with Gasteiger partial charge in [0.15, 0.2) is 0 Å². The van der Waals surface area contributed by atoms with Gasteiger partial charge in [-0.15, -0.1) is 0 Å². The van der Waals surface area contributed by atoms with Crippen LogP contribution in [0.5, 0.6) is 0 Å². The van der Waals surface area contributed by atoms with E-state index >= 15 is 0 Å². The predicted octanol–water partition coefficient (Wildman–Crippen LogP) is 1.54. The molecule has 3 nitrogen and oxygen atoms in total. The van der Waals surface area contributed by atoms with E-state index in [1.165, 1.54) is 12.8 Å². The van der Waals surface area contributed by atoms with Crippen LogP contribution in [0.15, 0.2) is 0 Å². The summed E-state index contributed by atoms with van der Waals surface area (Å²) in [7, 11) is 0. The third-order valence-electron chi connectivity index (χ3n) is 4.72. The van der Waals surface area contributed by atoms with Crippen molar-refractivity contribution in [2.45, 2.75) is 45.1 Å². The molecule has 2 rings (SSSR count). The lowest BCUT2D eigenvalue weighted by molar-refractivity contribution is -0.0446. The van der Waals surface area contributed by atoms with Gasteiger partial charge in [0.2, 0.25) is 0 Å². The molecule has 0 aromatic heterocycles. The molecular weight excluding hydrogens is 202 g/mol. The standard InChI is InChI=1S/C13H25NO2/c1-10-2-5-13(9-14,6-3-10)12(15)11-4-7-16-8-11/h10-12,15H,2-9,14H2,1H3. The number of rotatable bonds is 3. The molecule has 0 aromatic rings. The fourth-order valence-corrected chi connectivity index (χ4v) is 3.26. The summed E-state index contributed by atoms with van der Waals surface area (Å²) >= 11 is 0. The van der Waals surface area contributed by atoms with Gasteiger partial charge in [-0.3, -0.25) is 0 Å². The Hall–Kier alpha value is -0.120. The monoisotopic (exact) mass is 227 g/mol. The Morgan fingerprint density at radius 2 is 2.06 bits per heavy atom. The van der Waals surface area contributed by atoms with E-state index in [0.29, 0.717) is 12.5 Å². The Morgan fingerprint density at radius 1 is 1.38 bits per heavy atom. The van der Waals surface area contributed by atoms with E-state index in [2.05, 4.69) is 6.92 Å². The molecule has 0 spiro atoms. The molecule has 2 unspecified atom stereocenters. The Bertz CT molecular complexity index is 218. The van der Waals surface area contributed by atoms with Gasteiger partial charge in [-0.2, -0.15) is 0 Å². The summed E-state index contributed by atoms with van der Waals surface area (Å²) in [5.41, 5.74) is 5.93. The summed E-state index contributed by atoms with van der Waals surface area (Å²) in [4.78, 5) is 0. The van der Waals surface area contributed by atoms with E-state index in [0.717, 1.165) is 38.4 Å². The van der Waals surface area contributed by atoms with Gasteiger partial charge in [0.1, 0.15) is 0 Å². The van der Waals surface area contributed by atoms with Crippen molar-refractivity contribution >= 4 is 0 Å². The minimum Gasteiger partial charge on any atom is -0.392 e. The highest BCUT2D eigenvalue weighted by Gasteiger charge is 2.43. The molecule has 3 N–H and O–H groups in total. The number of hydrogen-bond acceptors (Lipinski definition) is 3. The van der Waals surface area contributed by atoms with Crippen LogP contribution < -0.4 is 5.73 Å². The van der Waals surface area contributed by atoms with Crippen LogP contribution in [0.25, 0.3) is 0 Å². The van der Waals surface area contributed by atoms with Gasteiger partial charge in [-0.25, -0.2) is 0 Å². The first-order valence-electron chi connectivity index (χ1n) is 6.64. The second-order valence-electron chi connectivity index (χ2n) is 5.82. The van der Waals surface area contributed by atoms with Crippen molar-refractivity contribution in [1.29, 1.82) is 0 Å². The first-order valence-corrected chi connectivity index (χ1v) is 6.64. The molecule has 2 fully saturated rings. The van der Waals surface area contributed by atoms with Gasteiger partial charge >= 0.3 is 0 Å². The van der Waals surface area contributed by atoms with Crippen molar-refractivity contribution in [3.63, 3.8) is 0 Å². The van der Waals surface area contributed by atoms with Crippen LogP contribution in [0, 0.1) is 17.3 Å². The normalized spacial score (nSPS) is 42.2. The van der Waals surface area contributed by atoms with E-state index in [1.54, 1.807) is 0 Å². The van der Waals surface area contributed by atoms with Crippen LogP contribution in [-0.2, 0) is 4.74 Å². The van der Waals surface area contributed by atoms with Crippen molar-refractivity contribution in [2.75, 3.05) is 19.8 Å². The molecule has 0 aromatic carbocycles. The molecular formula is C13H25NO2. The summed E-state index contributed by atoms with van der Waals surface area (Å²) in [6.45, 7) is 4.44. The Kier molecular flexibility index (Phi) is 3.88. The quantitative estimate of drug-likeness (QED) is 0.769. The number of aliphatic hydroxyl groups is 1. The molecule has 0 radical (unpaired) electrons. The molecule has 1 heterocycles. The highest BCUT2D eigenvalue weighted by molar-refractivity contribution is 4.95. The Morgan fingerprint density at radius 3 is 2.56 bits per heavy atom. The maximum Gasteiger partial charge on any atom is 0.0659 e. The molecule has 1 aliphatic heterocycles. The SMILES string of the molecule is CC1CCC(CN)(C(O)C2CCOC2)CC1. The molecule has 3 heteroatoms. The molecule has 1 saturated heterocycles. The molecule has 2 atom stereocenters. The van der Waals surface area contributed by atoms with Crippen molar-refractivity contribution in [3.8, 4) is 0 Å². The molecule has 94 valence electrons. The molecule has 1 saturated carbocycles. The fraction of sp³-hybridized carbons (Fsp3) is 1.00. The number of nitrogens with two attached hydrogens (primary N) is 1. The third-order valence-corrected chi connectivity index (χ3v) is 4.72. The minimum atomic E-state index is -0.257. The van der Waals surface area contributed by atoms with E-state index < -0.39 is 0 Å². The lowest BCUT2D eigenvalue weighted by Crippen LogP contribution is -2.48. The number of aliphatic hydroxyl groups excluding tert-OH is 1. The van der Waals surface area contributed by atoms with E-state index in [4.69, 9.17) is 10.5 Å². The second-order valence-corrected chi connectivity index (χ2v) is 5.82. The summed E-state index contributed by atoms with van der Waals surface area (Å²) in [5, 5.41) is 10.6. The van der Waals surface area contributed by atoms with Gasteiger partial charge in [0, 0.05) is 24.5 Å². The first kappa shape index (κ1) is 12.3. The summed E-state index contributed by atoms with van der Waals surface area (Å²) in [6, 6.07) is 0. The van der Waals surface area contributed by atoms with Gasteiger partial charge < -0.3 is 15.6 Å². The highest BCUT2D eigenvalue weighted by Crippen LogP contribution is 2.44. The van der Waals surface area contributed by atoms with Gasteiger partial charge in [-0.1, -0.05) is 19.8 Å². The van der Waals surface area contributed by atoms with Gasteiger partial charge in [0.05, 0.1) is 12.7 Å². The lowest BCUT2D eigenvalue weighted by Gasteiger charge is -2.44. The number of ether oxygens (including phenoxy) is 1. The maximum atomic E-state index is 10.6. The van der Waals surface area contributed by atoms with Crippen molar-refractivity contribution < 1.29 is 9.84 Å². The molecule has 1 aliphatic carbocycles. The van der Waals surface area contributed by atoms with Crippen molar-refractivity contribution in [1.82, 2.24) is 0 Å². The molecule has 16 heavy (non-hydrogen) atoms. The summed E-state index contributed by atoms with van der Waals surface area (Å²) in [5.74, 6) is 1.11. The second kappa shape index (κ2) is 5.03. The van der Waals surface area contributed by atoms with Crippen LogP contribution in [0.4, 0.5) is 0 Å². The Balaban J connectivity index is 2.02. The van der Waals surface area contributed by atoms with Crippen LogP contribution in [0.2, 0.25) is 0 Å². The molecule has 2 aliphatic rings. The van der Waals surface area contributed by atoms with E-state index in [1.807, 2.05) is 0 Å². The number of hydrogen-bond donors (Lipinski definition) is 2. The molecule has 0 bridgehead atoms. The largest absolute Gasteiger partial charge is 0.392 e. The predicted molar refractivity (Wildman–Crippen MR) is 64.1 cm³/mol. The van der Waals surface area contributed by atoms with Crippen LogP contribution >= 0.6 is 0 Å². The van der Waals surface area contributed by atoms with Crippen LogP contribution in [-0.4, -0.2) is 31.0 Å². The smallest absolute Gasteiger partial charge is 0.0659 e. The zero-order valence-corrected chi connectivity index (χ0v) is 10.3. The van der Waals surface area contributed by atoms with Crippen molar-refractivity contribution in [2.24, 2.45) is 23.0 Å². The maximum absolute atomic E-state index is 10.6. The lowest BCUT2D eigenvalue weighted by atomic mass is 9.65. The van der Waals surface area contributed by atoms with Crippen LogP contribution in [0.1, 0.15) is 39.0 Å². The minimum absolute atomic E-state index is 0.0229. The fourth-order valence-electron chi connectivity index (χ4n) is 3.26. The first-order chi connectivity index (χ1) is 7.68. The van der Waals surface area contributed by atoms with E-state index in [9.17, 15) is 5.11 Å². The average molecular weight is 227 g/mol. The topological polar surface area (TPSA) is 55.5 Å². The van der Waals surface area contributed by atoms with E-state index in [-0.39, 0.29) is 11.5 Å². The van der Waals surface area contributed by atoms with Gasteiger partial charge in [-0.05, 0) is 25.2 Å². The van der Waals surface area contributed by atoms with Gasteiger partial charge in [0.25, 0.3) is 0 Å². The average Bonchev–Trinajstić information content (AvgIpc) is 2.83. The molecule has 0 amide bonds. The Labute approximate surface area is 98.4 Å². The zero-order chi connectivity index (χ0) is 11.6. The van der Waals surface area contributed by atoms with Crippen molar-refractivity contribution in [3.05, 3.63) is 0 Å². The highest BCUT2D eigenvalue weighted by atomic mass is 16.5. The zero-order valence-electron chi connectivity index (χ0n) is 10.3.